The molecule has 0 amide bonds. The van der Waals surface area contributed by atoms with Crippen molar-refractivity contribution in [2.75, 3.05) is 20.3 Å². The number of methoxy groups -OCH3 is 1. The molecule has 5 fully saturated rings. The van der Waals surface area contributed by atoms with Gasteiger partial charge < -0.3 is 50.0 Å². The fourth-order valence-electron chi connectivity index (χ4n) is 11.0. The summed E-state index contributed by atoms with van der Waals surface area (Å²) in [6.45, 7) is 8.62. The summed E-state index contributed by atoms with van der Waals surface area (Å²) in [5.41, 5.74) is -1.95. The fraction of sp³-hybridized carbons (Fsp3) is 1.00. The number of hydrogen-bond acceptors (Lipinski definition) is 10. The Morgan fingerprint density at radius 2 is 1.56 bits per heavy atom. The standard InChI is InChI=1S/C33H58O10/c1-17(15-34)7-6-8-18(2)23-26(38)27(39)29-32(23,4)13-11-22-31(3)12-10-21(24(36)19(31)9-14-33(22,29)40)43-30-28(41-5)25(37)20(35)16-42-30/h17-30,34-40H,6-16H2,1-5H3/t17-,18+,19-,20+,21-,22+,23-,24+,25-,26+,27-,28+,29+,30-,31-,32+,33-/m0/s1. The van der Waals surface area contributed by atoms with E-state index < -0.39 is 66.0 Å². The number of aliphatic hydroxyl groups is 7. The van der Waals surface area contributed by atoms with Crippen LogP contribution in [0.1, 0.15) is 85.5 Å². The third kappa shape index (κ3) is 5.53. The molecular formula is C33H58O10. The number of ether oxygens (including phenoxy) is 3. The predicted molar refractivity (Wildman–Crippen MR) is 158 cm³/mol. The Kier molecular flexibility index (Phi) is 9.99. The van der Waals surface area contributed by atoms with Crippen LogP contribution in [-0.2, 0) is 14.2 Å². The van der Waals surface area contributed by atoms with Crippen LogP contribution in [0.4, 0.5) is 0 Å². The molecule has 4 aliphatic carbocycles. The summed E-state index contributed by atoms with van der Waals surface area (Å²) in [5, 5.41) is 77.2. The molecule has 0 aromatic heterocycles. The van der Waals surface area contributed by atoms with Gasteiger partial charge in [-0.3, -0.25) is 0 Å². The molecule has 10 heteroatoms. The van der Waals surface area contributed by atoms with Crippen molar-refractivity contribution in [2.45, 2.75) is 140 Å². The number of fused-ring (bicyclic) bond motifs is 5. The average molecular weight is 615 g/mol. The molecule has 43 heavy (non-hydrogen) atoms. The van der Waals surface area contributed by atoms with Gasteiger partial charge in [0.2, 0.25) is 0 Å². The van der Waals surface area contributed by atoms with Crippen LogP contribution < -0.4 is 0 Å². The Hall–Kier alpha value is -0.400. The average Bonchev–Trinajstić information content (AvgIpc) is 3.17. The molecule has 0 aromatic carbocycles. The highest BCUT2D eigenvalue weighted by atomic mass is 16.7. The zero-order valence-electron chi connectivity index (χ0n) is 26.7. The zero-order chi connectivity index (χ0) is 31.5. The van der Waals surface area contributed by atoms with Crippen molar-refractivity contribution in [3.8, 4) is 0 Å². The minimum Gasteiger partial charge on any atom is -0.396 e. The smallest absolute Gasteiger partial charge is 0.186 e. The van der Waals surface area contributed by atoms with Crippen LogP contribution in [0.5, 0.6) is 0 Å². The molecule has 5 rings (SSSR count). The summed E-state index contributed by atoms with van der Waals surface area (Å²) in [7, 11) is 1.43. The van der Waals surface area contributed by atoms with Gasteiger partial charge in [-0.15, -0.1) is 0 Å². The molecule has 1 heterocycles. The third-order valence-corrected chi connectivity index (χ3v) is 13.2. The SMILES string of the molecule is CO[C@H]1[C@H](O[C@H]2CC[C@]3(C)[C@H]4CC[C@]5(C)[C@@H]([C@H](C)CCC[C@H](C)CO)[C@@H](O)[C@H](O)[C@H]5[C@]4(O)CC[C@H]3[C@H]2O)OC[C@@H](O)[C@@H]1O. The van der Waals surface area contributed by atoms with E-state index in [1.807, 2.05) is 6.92 Å². The van der Waals surface area contributed by atoms with Crippen molar-refractivity contribution in [2.24, 2.45) is 46.3 Å². The molecule has 0 bridgehead atoms. The summed E-state index contributed by atoms with van der Waals surface area (Å²) in [6, 6.07) is 0. The van der Waals surface area contributed by atoms with E-state index in [0.29, 0.717) is 25.7 Å². The highest BCUT2D eigenvalue weighted by Crippen LogP contribution is 2.70. The number of aliphatic hydroxyl groups excluding tert-OH is 6. The van der Waals surface area contributed by atoms with Gasteiger partial charge in [0.15, 0.2) is 6.29 Å². The minimum atomic E-state index is -1.15. The molecule has 17 atom stereocenters. The Balaban J connectivity index is 1.32. The molecule has 0 aromatic rings. The van der Waals surface area contributed by atoms with Crippen molar-refractivity contribution < 1.29 is 50.0 Å². The van der Waals surface area contributed by atoms with E-state index in [-0.39, 0.29) is 48.2 Å². The van der Waals surface area contributed by atoms with Gasteiger partial charge in [-0.2, -0.15) is 0 Å². The maximum Gasteiger partial charge on any atom is 0.186 e. The van der Waals surface area contributed by atoms with Crippen LogP contribution in [0.25, 0.3) is 0 Å². The van der Waals surface area contributed by atoms with Crippen LogP contribution in [0.2, 0.25) is 0 Å². The molecule has 250 valence electrons. The first-order valence-electron chi connectivity index (χ1n) is 16.8. The molecule has 0 unspecified atom stereocenters. The molecular weight excluding hydrogens is 556 g/mol. The summed E-state index contributed by atoms with van der Waals surface area (Å²) < 4.78 is 17.2. The molecule has 1 saturated heterocycles. The maximum absolute atomic E-state index is 12.6. The lowest BCUT2D eigenvalue weighted by Gasteiger charge is -2.65. The summed E-state index contributed by atoms with van der Waals surface area (Å²) >= 11 is 0. The third-order valence-electron chi connectivity index (χ3n) is 13.2. The topological polar surface area (TPSA) is 169 Å². The van der Waals surface area contributed by atoms with Gasteiger partial charge in [-0.25, -0.2) is 0 Å². The Morgan fingerprint density at radius 1 is 0.860 bits per heavy atom. The van der Waals surface area contributed by atoms with Gasteiger partial charge >= 0.3 is 0 Å². The van der Waals surface area contributed by atoms with E-state index in [0.717, 1.165) is 32.1 Å². The number of hydrogen-bond donors (Lipinski definition) is 7. The minimum absolute atomic E-state index is 0.0829. The van der Waals surface area contributed by atoms with Gasteiger partial charge in [0.05, 0.1) is 36.6 Å². The van der Waals surface area contributed by atoms with Crippen LogP contribution in [0, 0.1) is 46.3 Å². The van der Waals surface area contributed by atoms with E-state index in [2.05, 4.69) is 20.8 Å². The molecule has 10 nitrogen and oxygen atoms in total. The lowest BCUT2D eigenvalue weighted by Crippen LogP contribution is -2.68. The second kappa shape index (κ2) is 12.7. The number of rotatable bonds is 9. The normalized spacial score (nSPS) is 53.0. The zero-order valence-corrected chi connectivity index (χ0v) is 26.7. The van der Waals surface area contributed by atoms with Crippen LogP contribution in [0.15, 0.2) is 0 Å². The second-order valence-corrected chi connectivity index (χ2v) is 15.6. The lowest BCUT2D eigenvalue weighted by atomic mass is 9.42. The molecule has 0 spiro atoms. The van der Waals surface area contributed by atoms with Gasteiger partial charge in [0, 0.05) is 19.6 Å². The van der Waals surface area contributed by atoms with Crippen LogP contribution in [0.3, 0.4) is 0 Å². The Labute approximate surface area is 256 Å². The molecule has 4 saturated carbocycles. The van der Waals surface area contributed by atoms with Crippen molar-refractivity contribution in [1.29, 1.82) is 0 Å². The Morgan fingerprint density at radius 3 is 2.23 bits per heavy atom. The van der Waals surface area contributed by atoms with E-state index in [1.54, 1.807) is 0 Å². The molecule has 1 aliphatic heterocycles. The van der Waals surface area contributed by atoms with E-state index in [1.165, 1.54) is 7.11 Å². The van der Waals surface area contributed by atoms with Gasteiger partial charge in [-0.05, 0) is 85.4 Å². The van der Waals surface area contributed by atoms with Crippen LogP contribution >= 0.6 is 0 Å². The van der Waals surface area contributed by atoms with Crippen molar-refractivity contribution in [3.63, 3.8) is 0 Å². The summed E-state index contributed by atoms with van der Waals surface area (Å²) in [6.07, 6.45) is -0.677. The molecule has 5 aliphatic rings. The lowest BCUT2D eigenvalue weighted by molar-refractivity contribution is -0.312. The maximum atomic E-state index is 12.6. The van der Waals surface area contributed by atoms with Gasteiger partial charge in [-0.1, -0.05) is 40.5 Å². The van der Waals surface area contributed by atoms with Gasteiger partial charge in [0.25, 0.3) is 0 Å². The Bertz CT molecular complexity index is 953. The van der Waals surface area contributed by atoms with E-state index in [4.69, 9.17) is 14.2 Å². The fourth-order valence-corrected chi connectivity index (χ4v) is 11.0. The summed E-state index contributed by atoms with van der Waals surface area (Å²) in [4.78, 5) is 0. The van der Waals surface area contributed by atoms with Crippen LogP contribution in [-0.4, -0.2) is 111 Å². The molecule has 0 radical (unpaired) electrons. The monoisotopic (exact) mass is 614 g/mol. The first-order chi connectivity index (χ1) is 20.2. The van der Waals surface area contributed by atoms with Crippen molar-refractivity contribution >= 4 is 0 Å². The van der Waals surface area contributed by atoms with E-state index in [9.17, 15) is 35.7 Å². The summed E-state index contributed by atoms with van der Waals surface area (Å²) in [5.74, 6) is -0.429. The van der Waals surface area contributed by atoms with Crippen molar-refractivity contribution in [1.82, 2.24) is 0 Å². The second-order valence-electron chi connectivity index (χ2n) is 15.6. The largest absolute Gasteiger partial charge is 0.396 e. The first kappa shape index (κ1) is 33.9. The van der Waals surface area contributed by atoms with Gasteiger partial charge in [0.1, 0.15) is 18.3 Å². The predicted octanol–water partition coefficient (Wildman–Crippen LogP) is 1.59. The molecule has 7 N–H and O–H groups in total. The van der Waals surface area contributed by atoms with Crippen molar-refractivity contribution in [3.05, 3.63) is 0 Å². The van der Waals surface area contributed by atoms with E-state index >= 15 is 0 Å². The highest BCUT2D eigenvalue weighted by Gasteiger charge is 2.72. The highest BCUT2D eigenvalue weighted by molar-refractivity contribution is 5.21. The first-order valence-corrected chi connectivity index (χ1v) is 16.8. The quantitative estimate of drug-likeness (QED) is 0.189.